The fourth-order valence-electron chi connectivity index (χ4n) is 1.28. The SMILES string of the molecule is CCCCOC[C@@H](CO)OCP(OCCC)OCCC. The Balaban J connectivity index is 3.87. The number of ether oxygens (including phenoxy) is 2. The van der Waals surface area contributed by atoms with Gasteiger partial charge in [-0.2, -0.15) is 0 Å². The molecule has 6 heteroatoms. The van der Waals surface area contributed by atoms with Gasteiger partial charge in [0, 0.05) is 6.61 Å². The Morgan fingerprint density at radius 1 is 0.950 bits per heavy atom. The minimum Gasteiger partial charge on any atom is -0.394 e. The summed E-state index contributed by atoms with van der Waals surface area (Å²) in [6, 6.07) is 0. The van der Waals surface area contributed by atoms with Crippen molar-refractivity contribution in [3.63, 3.8) is 0 Å². The predicted molar refractivity (Wildman–Crippen MR) is 82.0 cm³/mol. The zero-order chi connectivity index (χ0) is 15.1. The van der Waals surface area contributed by atoms with Crippen molar-refractivity contribution in [3.8, 4) is 0 Å². The molecule has 5 nitrogen and oxygen atoms in total. The van der Waals surface area contributed by atoms with Gasteiger partial charge in [0.25, 0.3) is 0 Å². The van der Waals surface area contributed by atoms with Gasteiger partial charge in [-0.15, -0.1) is 0 Å². The first-order chi connectivity index (χ1) is 9.78. The lowest BCUT2D eigenvalue weighted by Gasteiger charge is -2.21. The molecule has 0 aromatic rings. The van der Waals surface area contributed by atoms with Gasteiger partial charge >= 0.3 is 0 Å². The topological polar surface area (TPSA) is 57.2 Å². The molecular formula is C14H31O5P. The summed E-state index contributed by atoms with van der Waals surface area (Å²) < 4.78 is 22.3. The van der Waals surface area contributed by atoms with E-state index in [-0.39, 0.29) is 12.7 Å². The minimum atomic E-state index is -1.02. The van der Waals surface area contributed by atoms with Crippen molar-refractivity contribution in [2.24, 2.45) is 0 Å². The first kappa shape index (κ1) is 20.2. The third-order valence-corrected chi connectivity index (χ3v) is 3.75. The molecule has 0 aromatic carbocycles. The quantitative estimate of drug-likeness (QED) is 0.371. The number of hydrogen-bond donors (Lipinski definition) is 1. The van der Waals surface area contributed by atoms with Crippen molar-refractivity contribution in [1.29, 1.82) is 0 Å². The van der Waals surface area contributed by atoms with Crippen LogP contribution in [0, 0.1) is 0 Å². The number of aliphatic hydroxyl groups excluding tert-OH is 1. The average molecular weight is 310 g/mol. The summed E-state index contributed by atoms with van der Waals surface area (Å²) in [6.07, 6.45) is 4.13. The first-order valence-electron chi connectivity index (χ1n) is 7.61. The van der Waals surface area contributed by atoms with Crippen molar-refractivity contribution >= 4 is 8.38 Å². The van der Waals surface area contributed by atoms with Crippen LogP contribution in [0.1, 0.15) is 46.5 Å². The first-order valence-corrected chi connectivity index (χ1v) is 8.98. The molecule has 0 aliphatic carbocycles. The van der Waals surface area contributed by atoms with Crippen LogP contribution in [-0.2, 0) is 18.5 Å². The van der Waals surface area contributed by atoms with Crippen LogP contribution in [0.25, 0.3) is 0 Å². The van der Waals surface area contributed by atoms with Crippen LogP contribution in [0.4, 0.5) is 0 Å². The van der Waals surface area contributed by atoms with Gasteiger partial charge in [-0.3, -0.25) is 0 Å². The van der Waals surface area contributed by atoms with Crippen LogP contribution in [-0.4, -0.2) is 50.6 Å². The van der Waals surface area contributed by atoms with Crippen LogP contribution >= 0.6 is 8.38 Å². The highest BCUT2D eigenvalue weighted by atomic mass is 31.2. The maximum atomic E-state index is 9.27. The van der Waals surface area contributed by atoms with Crippen LogP contribution in [0.15, 0.2) is 0 Å². The normalized spacial score (nSPS) is 13.1. The zero-order valence-corrected chi connectivity index (χ0v) is 14.1. The predicted octanol–water partition coefficient (Wildman–Crippen LogP) is 3.30. The molecular weight excluding hydrogens is 279 g/mol. The highest BCUT2D eigenvalue weighted by Crippen LogP contribution is 2.38. The van der Waals surface area contributed by atoms with E-state index in [1.54, 1.807) is 0 Å². The van der Waals surface area contributed by atoms with Gasteiger partial charge < -0.3 is 23.6 Å². The van der Waals surface area contributed by atoms with Crippen molar-refractivity contribution < 1.29 is 23.6 Å². The van der Waals surface area contributed by atoms with E-state index < -0.39 is 8.38 Å². The molecule has 0 saturated heterocycles. The fourth-order valence-corrected chi connectivity index (χ4v) is 2.61. The van der Waals surface area contributed by atoms with Gasteiger partial charge in [0.15, 0.2) is 8.38 Å². The van der Waals surface area contributed by atoms with Crippen LogP contribution in [0.3, 0.4) is 0 Å². The molecule has 0 bridgehead atoms. The third-order valence-electron chi connectivity index (χ3n) is 2.44. The van der Waals surface area contributed by atoms with E-state index in [9.17, 15) is 5.11 Å². The summed E-state index contributed by atoms with van der Waals surface area (Å²) in [5.74, 6) is 0. The third kappa shape index (κ3) is 12.0. The fraction of sp³-hybridized carbons (Fsp3) is 1.00. The average Bonchev–Trinajstić information content (AvgIpc) is 2.48. The molecule has 0 aliphatic rings. The molecule has 0 fully saturated rings. The molecule has 0 amide bonds. The second kappa shape index (κ2) is 15.6. The minimum absolute atomic E-state index is 0.0448. The van der Waals surface area contributed by atoms with Crippen molar-refractivity contribution in [3.05, 3.63) is 0 Å². The molecule has 0 rings (SSSR count). The summed E-state index contributed by atoms with van der Waals surface area (Å²) in [5.41, 5.74) is 0. The maximum Gasteiger partial charge on any atom is 0.198 e. The smallest absolute Gasteiger partial charge is 0.198 e. The van der Waals surface area contributed by atoms with Gasteiger partial charge in [-0.25, -0.2) is 0 Å². The Morgan fingerprint density at radius 3 is 2.10 bits per heavy atom. The summed E-state index contributed by atoms with van der Waals surface area (Å²) in [6.45, 7) is 8.68. The molecule has 0 unspecified atom stereocenters. The summed E-state index contributed by atoms with van der Waals surface area (Å²) in [5, 5.41) is 9.27. The van der Waals surface area contributed by atoms with Crippen LogP contribution in [0.5, 0.6) is 0 Å². The lowest BCUT2D eigenvalue weighted by atomic mass is 10.3. The van der Waals surface area contributed by atoms with E-state index in [0.717, 1.165) is 25.7 Å². The monoisotopic (exact) mass is 310 g/mol. The van der Waals surface area contributed by atoms with E-state index >= 15 is 0 Å². The van der Waals surface area contributed by atoms with Crippen molar-refractivity contribution in [1.82, 2.24) is 0 Å². The number of aliphatic hydroxyl groups is 1. The molecule has 1 N–H and O–H groups in total. The molecule has 0 saturated carbocycles. The Labute approximate surface area is 124 Å². The Morgan fingerprint density at radius 2 is 1.60 bits per heavy atom. The van der Waals surface area contributed by atoms with E-state index in [0.29, 0.717) is 32.8 Å². The van der Waals surface area contributed by atoms with E-state index in [1.165, 1.54) is 0 Å². The summed E-state index contributed by atoms with van der Waals surface area (Å²) in [7, 11) is -1.02. The molecule has 0 radical (unpaired) electrons. The lowest BCUT2D eigenvalue weighted by molar-refractivity contribution is -0.0307. The molecule has 1 atom stereocenters. The van der Waals surface area contributed by atoms with Crippen LogP contribution < -0.4 is 0 Å². The number of rotatable bonds is 15. The molecule has 20 heavy (non-hydrogen) atoms. The lowest BCUT2D eigenvalue weighted by Crippen LogP contribution is -2.24. The van der Waals surface area contributed by atoms with Gasteiger partial charge in [-0.05, 0) is 19.3 Å². The largest absolute Gasteiger partial charge is 0.394 e. The molecule has 122 valence electrons. The van der Waals surface area contributed by atoms with Gasteiger partial charge in [0.1, 0.15) is 12.5 Å². The number of unbranched alkanes of at least 4 members (excludes halogenated alkanes) is 1. The Kier molecular flexibility index (Phi) is 15.8. The molecule has 0 heterocycles. The van der Waals surface area contributed by atoms with E-state index in [1.807, 2.05) is 0 Å². The molecule has 0 aromatic heterocycles. The maximum absolute atomic E-state index is 9.27. The van der Waals surface area contributed by atoms with Gasteiger partial charge in [0.2, 0.25) is 0 Å². The van der Waals surface area contributed by atoms with E-state index in [4.69, 9.17) is 18.5 Å². The molecule has 0 spiro atoms. The Hall–Kier alpha value is 0.230. The second-order valence-electron chi connectivity index (χ2n) is 4.53. The Bertz CT molecular complexity index is 186. The van der Waals surface area contributed by atoms with Crippen LogP contribution in [0.2, 0.25) is 0 Å². The second-order valence-corrected chi connectivity index (χ2v) is 5.97. The summed E-state index contributed by atoms with van der Waals surface area (Å²) in [4.78, 5) is 0. The van der Waals surface area contributed by atoms with Gasteiger partial charge in [-0.1, -0.05) is 27.2 Å². The van der Waals surface area contributed by atoms with Crippen molar-refractivity contribution in [2.75, 3.05) is 39.4 Å². The summed E-state index contributed by atoms with van der Waals surface area (Å²) >= 11 is 0. The highest BCUT2D eigenvalue weighted by Gasteiger charge is 2.15. The van der Waals surface area contributed by atoms with Crippen molar-refractivity contribution in [2.45, 2.75) is 52.6 Å². The van der Waals surface area contributed by atoms with E-state index in [2.05, 4.69) is 20.8 Å². The molecule has 0 aliphatic heterocycles. The van der Waals surface area contributed by atoms with Gasteiger partial charge in [0.05, 0.1) is 26.4 Å². The standard InChI is InChI=1S/C14H31O5P/c1-4-7-10-16-12-14(11-15)17-13-20(18-8-5-2)19-9-6-3/h14-15H,4-13H2,1-3H3/t14-/m1/s1. The zero-order valence-electron chi connectivity index (χ0n) is 13.2. The number of hydrogen-bond acceptors (Lipinski definition) is 5. The highest BCUT2D eigenvalue weighted by molar-refractivity contribution is 7.47.